The van der Waals surface area contributed by atoms with Crippen LogP contribution < -0.4 is 16.0 Å². The molecule has 0 aliphatic carbocycles. The summed E-state index contributed by atoms with van der Waals surface area (Å²) in [4.78, 5) is 30.5. The van der Waals surface area contributed by atoms with Crippen LogP contribution in [0.1, 0.15) is 47.7 Å². The van der Waals surface area contributed by atoms with Crippen molar-refractivity contribution in [2.75, 3.05) is 32.0 Å². The van der Waals surface area contributed by atoms with Gasteiger partial charge in [-0.3, -0.25) is 14.6 Å². The molecule has 0 saturated heterocycles. The van der Waals surface area contributed by atoms with Gasteiger partial charge in [0, 0.05) is 56.8 Å². The van der Waals surface area contributed by atoms with E-state index in [9.17, 15) is 9.59 Å². The molecule has 31 heavy (non-hydrogen) atoms. The Hall–Kier alpha value is -3.35. The Morgan fingerprint density at radius 3 is 2.48 bits per heavy atom. The predicted molar refractivity (Wildman–Crippen MR) is 124 cm³/mol. The minimum absolute atomic E-state index is 0.0350. The Kier molecular flexibility index (Phi) is 7.65. The molecule has 7 heteroatoms. The van der Waals surface area contributed by atoms with E-state index in [4.69, 9.17) is 0 Å². The van der Waals surface area contributed by atoms with Crippen LogP contribution in [0.3, 0.4) is 0 Å². The number of hydrogen-bond acceptors (Lipinski definition) is 3. The van der Waals surface area contributed by atoms with Crippen LogP contribution in [-0.2, 0) is 11.3 Å². The second-order valence-corrected chi connectivity index (χ2v) is 7.52. The third-order valence-corrected chi connectivity index (χ3v) is 5.56. The summed E-state index contributed by atoms with van der Waals surface area (Å²) < 4.78 is 0. The van der Waals surface area contributed by atoms with E-state index in [2.05, 4.69) is 27.0 Å². The van der Waals surface area contributed by atoms with Crippen LogP contribution >= 0.6 is 0 Å². The van der Waals surface area contributed by atoms with Crippen molar-refractivity contribution in [2.24, 2.45) is 4.99 Å². The second kappa shape index (κ2) is 10.6. The third-order valence-electron chi connectivity index (χ3n) is 5.56. The normalized spacial score (nSPS) is 15.6. The standard InChI is InChI=1S/C24H31N5O2/c1-4-29(5-2)23(31)18-12-10-17(11-13-18)15-26-24(25-3)27-16-19-14-22(30)28-21-9-7-6-8-20(19)21/h6-13,19H,4-5,14-16H2,1-3H3,(H,28,30)(H2,25,26,27). The summed E-state index contributed by atoms with van der Waals surface area (Å²) in [5, 5.41) is 9.55. The first-order valence-corrected chi connectivity index (χ1v) is 10.8. The summed E-state index contributed by atoms with van der Waals surface area (Å²) in [5.74, 6) is 0.854. The summed E-state index contributed by atoms with van der Waals surface area (Å²) >= 11 is 0. The number of amides is 2. The van der Waals surface area contributed by atoms with Crippen LogP contribution in [0.5, 0.6) is 0 Å². The zero-order valence-corrected chi connectivity index (χ0v) is 18.4. The maximum Gasteiger partial charge on any atom is 0.253 e. The molecule has 164 valence electrons. The molecule has 2 amide bonds. The third kappa shape index (κ3) is 5.63. The van der Waals surface area contributed by atoms with E-state index in [1.807, 2.05) is 61.2 Å². The van der Waals surface area contributed by atoms with E-state index in [1.54, 1.807) is 7.05 Å². The molecule has 1 heterocycles. The van der Waals surface area contributed by atoms with Crippen LogP contribution in [0.4, 0.5) is 5.69 Å². The average molecular weight is 422 g/mol. The van der Waals surface area contributed by atoms with E-state index in [0.717, 1.165) is 16.8 Å². The zero-order chi connectivity index (χ0) is 22.2. The lowest BCUT2D eigenvalue weighted by molar-refractivity contribution is -0.116. The van der Waals surface area contributed by atoms with Crippen molar-refractivity contribution < 1.29 is 9.59 Å². The van der Waals surface area contributed by atoms with E-state index in [-0.39, 0.29) is 17.7 Å². The summed E-state index contributed by atoms with van der Waals surface area (Å²) in [6.45, 7) is 6.57. The van der Waals surface area contributed by atoms with Gasteiger partial charge in [0.25, 0.3) is 5.91 Å². The molecule has 0 aromatic heterocycles. The highest BCUT2D eigenvalue weighted by Gasteiger charge is 2.24. The molecule has 3 rings (SSSR count). The fraction of sp³-hybridized carbons (Fsp3) is 0.375. The van der Waals surface area contributed by atoms with E-state index >= 15 is 0 Å². The van der Waals surface area contributed by atoms with Crippen molar-refractivity contribution in [2.45, 2.75) is 32.7 Å². The predicted octanol–water partition coefficient (Wildman–Crippen LogP) is 2.96. The van der Waals surface area contributed by atoms with Crippen molar-refractivity contribution >= 4 is 23.5 Å². The average Bonchev–Trinajstić information content (AvgIpc) is 2.80. The fourth-order valence-corrected chi connectivity index (χ4v) is 3.77. The van der Waals surface area contributed by atoms with Gasteiger partial charge in [0.1, 0.15) is 0 Å². The number of carbonyl (C=O) groups excluding carboxylic acids is 2. The van der Waals surface area contributed by atoms with Gasteiger partial charge in [-0.15, -0.1) is 0 Å². The van der Waals surface area contributed by atoms with Gasteiger partial charge < -0.3 is 20.9 Å². The molecule has 0 bridgehead atoms. The molecule has 1 unspecified atom stereocenters. The fourth-order valence-electron chi connectivity index (χ4n) is 3.77. The highest BCUT2D eigenvalue weighted by molar-refractivity contribution is 5.95. The van der Waals surface area contributed by atoms with Crippen molar-refractivity contribution in [3.8, 4) is 0 Å². The molecule has 1 aliphatic rings. The minimum atomic E-state index is 0.0350. The summed E-state index contributed by atoms with van der Waals surface area (Å²) in [7, 11) is 1.72. The largest absolute Gasteiger partial charge is 0.356 e. The molecule has 0 spiro atoms. The first-order chi connectivity index (χ1) is 15.0. The highest BCUT2D eigenvalue weighted by Crippen LogP contribution is 2.31. The lowest BCUT2D eigenvalue weighted by Crippen LogP contribution is -2.40. The number of para-hydroxylation sites is 1. The molecule has 0 saturated carbocycles. The topological polar surface area (TPSA) is 85.8 Å². The summed E-state index contributed by atoms with van der Waals surface area (Å²) in [6.07, 6.45) is 0.447. The number of fused-ring (bicyclic) bond motifs is 1. The van der Waals surface area contributed by atoms with Gasteiger partial charge in [-0.2, -0.15) is 0 Å². The van der Waals surface area contributed by atoms with Crippen molar-refractivity contribution in [3.63, 3.8) is 0 Å². The lowest BCUT2D eigenvalue weighted by atomic mass is 9.90. The number of aliphatic imine (C=N–C) groups is 1. The first-order valence-electron chi connectivity index (χ1n) is 10.8. The molecule has 0 radical (unpaired) electrons. The summed E-state index contributed by atoms with van der Waals surface area (Å²) in [5.41, 5.74) is 3.77. The maximum absolute atomic E-state index is 12.4. The number of nitrogens with one attached hydrogen (secondary N) is 3. The van der Waals surface area contributed by atoms with Crippen molar-refractivity contribution in [3.05, 3.63) is 65.2 Å². The summed E-state index contributed by atoms with van der Waals surface area (Å²) in [6, 6.07) is 15.6. The smallest absolute Gasteiger partial charge is 0.253 e. The van der Waals surface area contributed by atoms with Gasteiger partial charge in [0.15, 0.2) is 5.96 Å². The Bertz CT molecular complexity index is 935. The second-order valence-electron chi connectivity index (χ2n) is 7.52. The Morgan fingerprint density at radius 2 is 1.81 bits per heavy atom. The number of hydrogen-bond donors (Lipinski definition) is 3. The molecular formula is C24H31N5O2. The van der Waals surface area contributed by atoms with Crippen LogP contribution in [-0.4, -0.2) is 49.4 Å². The van der Waals surface area contributed by atoms with Gasteiger partial charge in [0.2, 0.25) is 5.91 Å². The van der Waals surface area contributed by atoms with Gasteiger partial charge in [-0.25, -0.2) is 0 Å². The SMILES string of the molecule is CCN(CC)C(=O)c1ccc(CNC(=NC)NCC2CC(=O)Nc3ccccc32)cc1. The van der Waals surface area contributed by atoms with Gasteiger partial charge >= 0.3 is 0 Å². The molecule has 2 aromatic carbocycles. The number of rotatable bonds is 7. The van der Waals surface area contributed by atoms with E-state index < -0.39 is 0 Å². The molecule has 1 atom stereocenters. The quantitative estimate of drug-likeness (QED) is 0.474. The number of nitrogens with zero attached hydrogens (tertiary/aromatic N) is 2. The monoisotopic (exact) mass is 421 g/mol. The van der Waals surface area contributed by atoms with Gasteiger partial charge in [-0.05, 0) is 43.2 Å². The van der Waals surface area contributed by atoms with Crippen LogP contribution in [0.2, 0.25) is 0 Å². The van der Waals surface area contributed by atoms with Crippen molar-refractivity contribution in [1.82, 2.24) is 15.5 Å². The number of anilines is 1. The van der Waals surface area contributed by atoms with E-state index in [0.29, 0.717) is 44.1 Å². The van der Waals surface area contributed by atoms with Gasteiger partial charge in [0.05, 0.1) is 0 Å². The Labute approximate surface area is 183 Å². The van der Waals surface area contributed by atoms with Gasteiger partial charge in [-0.1, -0.05) is 30.3 Å². The Morgan fingerprint density at radius 1 is 1.10 bits per heavy atom. The molecule has 2 aromatic rings. The number of benzene rings is 2. The maximum atomic E-state index is 12.4. The molecular weight excluding hydrogens is 390 g/mol. The molecule has 0 fully saturated rings. The van der Waals surface area contributed by atoms with Crippen molar-refractivity contribution in [1.29, 1.82) is 0 Å². The lowest BCUT2D eigenvalue weighted by Gasteiger charge is -2.26. The molecule has 1 aliphatic heterocycles. The van der Waals surface area contributed by atoms with Crippen LogP contribution in [0, 0.1) is 0 Å². The Balaban J connectivity index is 1.54. The first kappa shape index (κ1) is 22.3. The molecule has 3 N–H and O–H groups in total. The number of carbonyl (C=O) groups is 2. The van der Waals surface area contributed by atoms with E-state index in [1.165, 1.54) is 0 Å². The highest BCUT2D eigenvalue weighted by atomic mass is 16.2. The minimum Gasteiger partial charge on any atom is -0.356 e. The zero-order valence-electron chi connectivity index (χ0n) is 18.4. The van der Waals surface area contributed by atoms with Crippen LogP contribution in [0.25, 0.3) is 0 Å². The van der Waals surface area contributed by atoms with Crippen LogP contribution in [0.15, 0.2) is 53.5 Å². The number of guanidine groups is 1. The molecule has 7 nitrogen and oxygen atoms in total.